The fourth-order valence-electron chi connectivity index (χ4n) is 2.87. The van der Waals surface area contributed by atoms with E-state index >= 15 is 0 Å². The van der Waals surface area contributed by atoms with E-state index in [-0.39, 0.29) is 12.7 Å². The molecule has 1 atom stereocenters. The summed E-state index contributed by atoms with van der Waals surface area (Å²) in [5.41, 5.74) is 3.52. The number of aryl methyl sites for hydroxylation is 1. The average Bonchev–Trinajstić information content (AvgIpc) is 2.59. The number of hydrogen-bond acceptors (Lipinski definition) is 3. The molecule has 0 fully saturated rings. The van der Waals surface area contributed by atoms with Crippen molar-refractivity contribution in [3.05, 3.63) is 64.2 Å². The largest absolute Gasteiger partial charge is 0.489 e. The van der Waals surface area contributed by atoms with Crippen LogP contribution in [0.4, 0.5) is 0 Å². The highest BCUT2D eigenvalue weighted by molar-refractivity contribution is 6.30. The van der Waals surface area contributed by atoms with E-state index in [0.29, 0.717) is 11.6 Å². The first-order chi connectivity index (χ1) is 11.6. The van der Waals surface area contributed by atoms with E-state index in [1.165, 1.54) is 11.1 Å². The van der Waals surface area contributed by atoms with E-state index < -0.39 is 5.97 Å². The molecule has 1 unspecified atom stereocenters. The molecule has 2 aromatic rings. The fourth-order valence-corrected chi connectivity index (χ4v) is 2.99. The number of hydrogen-bond donors (Lipinski definition) is 1. The lowest BCUT2D eigenvalue weighted by atomic mass is 9.89. The second-order valence-electron chi connectivity index (χ2n) is 5.92. The van der Waals surface area contributed by atoms with E-state index in [0.717, 1.165) is 30.6 Å². The minimum atomic E-state index is -0.924. The first kappa shape index (κ1) is 16.8. The molecule has 0 heterocycles. The fraction of sp³-hybridized carbons (Fsp3) is 0.316. The summed E-state index contributed by atoms with van der Waals surface area (Å²) in [5.74, 6) is -0.0830. The van der Waals surface area contributed by atoms with E-state index in [4.69, 9.17) is 26.2 Å². The number of carboxylic acid groups (broad SMARTS) is 1. The molecule has 0 aliphatic heterocycles. The number of rotatable bonds is 6. The summed E-state index contributed by atoms with van der Waals surface area (Å²) in [6, 6.07) is 13.7. The third-order valence-electron chi connectivity index (χ3n) is 4.12. The van der Waals surface area contributed by atoms with Gasteiger partial charge in [-0.05, 0) is 60.2 Å². The van der Waals surface area contributed by atoms with Gasteiger partial charge in [0, 0.05) is 5.02 Å². The van der Waals surface area contributed by atoms with E-state index in [9.17, 15) is 4.79 Å². The summed E-state index contributed by atoms with van der Waals surface area (Å²) in [4.78, 5) is 10.6. The van der Waals surface area contributed by atoms with Crippen LogP contribution in [-0.4, -0.2) is 23.8 Å². The van der Waals surface area contributed by atoms with Gasteiger partial charge in [-0.15, -0.1) is 0 Å². The SMILES string of the molecule is O=C(O)COC1CCc2cc(OCc3ccc(Cl)cc3)ccc2C1. The van der Waals surface area contributed by atoms with Gasteiger partial charge in [0.05, 0.1) is 6.10 Å². The van der Waals surface area contributed by atoms with Gasteiger partial charge in [-0.3, -0.25) is 0 Å². The van der Waals surface area contributed by atoms with Crippen molar-refractivity contribution in [2.75, 3.05) is 6.61 Å². The van der Waals surface area contributed by atoms with Crippen molar-refractivity contribution in [3.8, 4) is 5.75 Å². The van der Waals surface area contributed by atoms with Crippen LogP contribution in [0.5, 0.6) is 5.75 Å². The molecule has 24 heavy (non-hydrogen) atoms. The Kier molecular flexibility index (Phi) is 5.38. The van der Waals surface area contributed by atoms with Crippen LogP contribution in [0.2, 0.25) is 5.02 Å². The summed E-state index contributed by atoms with van der Waals surface area (Å²) in [7, 11) is 0. The van der Waals surface area contributed by atoms with Crippen molar-refractivity contribution < 1.29 is 19.4 Å². The zero-order valence-electron chi connectivity index (χ0n) is 13.2. The Labute approximate surface area is 146 Å². The Bertz CT molecular complexity index is 712. The standard InChI is InChI=1S/C19H19ClO4/c20-16-5-1-13(2-6-16)11-23-17-7-3-15-10-18(24-12-19(21)22)8-4-14(15)9-17/h1-3,5-7,9,18H,4,8,10-12H2,(H,21,22). The van der Waals surface area contributed by atoms with Gasteiger partial charge in [0.15, 0.2) is 0 Å². The van der Waals surface area contributed by atoms with Gasteiger partial charge in [0.1, 0.15) is 19.0 Å². The monoisotopic (exact) mass is 346 g/mol. The Morgan fingerprint density at radius 1 is 1.17 bits per heavy atom. The van der Waals surface area contributed by atoms with Crippen LogP contribution in [0.25, 0.3) is 0 Å². The van der Waals surface area contributed by atoms with E-state index in [1.807, 2.05) is 36.4 Å². The second-order valence-corrected chi connectivity index (χ2v) is 6.35. The molecule has 0 saturated heterocycles. The van der Waals surface area contributed by atoms with Crippen LogP contribution in [-0.2, 0) is 29.0 Å². The number of fused-ring (bicyclic) bond motifs is 1. The molecule has 0 bridgehead atoms. The maximum atomic E-state index is 10.6. The van der Waals surface area contributed by atoms with Crippen molar-refractivity contribution in [3.63, 3.8) is 0 Å². The predicted octanol–water partition coefficient (Wildman–Crippen LogP) is 3.88. The predicted molar refractivity (Wildman–Crippen MR) is 91.6 cm³/mol. The minimum Gasteiger partial charge on any atom is -0.489 e. The molecule has 4 nitrogen and oxygen atoms in total. The second kappa shape index (κ2) is 7.69. The number of benzene rings is 2. The maximum Gasteiger partial charge on any atom is 0.329 e. The van der Waals surface area contributed by atoms with Crippen LogP contribution < -0.4 is 4.74 Å². The van der Waals surface area contributed by atoms with Gasteiger partial charge in [-0.25, -0.2) is 4.79 Å². The van der Waals surface area contributed by atoms with Gasteiger partial charge in [0.2, 0.25) is 0 Å². The van der Waals surface area contributed by atoms with Crippen LogP contribution in [0.3, 0.4) is 0 Å². The summed E-state index contributed by atoms with van der Waals surface area (Å²) in [6.45, 7) is 0.266. The number of aliphatic carboxylic acids is 1. The summed E-state index contributed by atoms with van der Waals surface area (Å²) < 4.78 is 11.3. The lowest BCUT2D eigenvalue weighted by Crippen LogP contribution is -2.25. The number of ether oxygens (including phenoxy) is 2. The maximum absolute atomic E-state index is 10.6. The number of carboxylic acids is 1. The smallest absolute Gasteiger partial charge is 0.329 e. The molecule has 0 amide bonds. The molecule has 5 heteroatoms. The first-order valence-corrected chi connectivity index (χ1v) is 8.30. The third kappa shape index (κ3) is 4.49. The Balaban J connectivity index is 1.58. The van der Waals surface area contributed by atoms with E-state index in [1.54, 1.807) is 0 Å². The molecule has 0 aromatic heterocycles. The van der Waals surface area contributed by atoms with Gasteiger partial charge >= 0.3 is 5.97 Å². The van der Waals surface area contributed by atoms with Crippen LogP contribution in [0.1, 0.15) is 23.1 Å². The summed E-state index contributed by atoms with van der Waals surface area (Å²) in [6.07, 6.45) is 2.44. The zero-order chi connectivity index (χ0) is 16.9. The van der Waals surface area contributed by atoms with Crippen LogP contribution >= 0.6 is 11.6 Å². The highest BCUT2D eigenvalue weighted by Gasteiger charge is 2.20. The Morgan fingerprint density at radius 3 is 2.71 bits per heavy atom. The molecule has 1 aliphatic rings. The molecule has 0 spiro atoms. The molecule has 0 saturated carbocycles. The average molecular weight is 347 g/mol. The summed E-state index contributed by atoms with van der Waals surface area (Å²) >= 11 is 5.88. The van der Waals surface area contributed by atoms with Crippen molar-refractivity contribution >= 4 is 17.6 Å². The Hall–Kier alpha value is -2.04. The summed E-state index contributed by atoms with van der Waals surface area (Å²) in [5, 5.41) is 9.41. The molecular weight excluding hydrogens is 328 g/mol. The highest BCUT2D eigenvalue weighted by atomic mass is 35.5. The molecule has 1 N–H and O–H groups in total. The van der Waals surface area contributed by atoms with Crippen molar-refractivity contribution in [1.82, 2.24) is 0 Å². The molecule has 3 rings (SSSR count). The van der Waals surface area contributed by atoms with Gasteiger partial charge in [0.25, 0.3) is 0 Å². The van der Waals surface area contributed by atoms with Gasteiger partial charge in [-0.2, -0.15) is 0 Å². The zero-order valence-corrected chi connectivity index (χ0v) is 14.0. The van der Waals surface area contributed by atoms with Crippen LogP contribution in [0.15, 0.2) is 42.5 Å². The molecule has 2 aromatic carbocycles. The van der Waals surface area contributed by atoms with Gasteiger partial charge < -0.3 is 14.6 Å². The van der Waals surface area contributed by atoms with Crippen molar-refractivity contribution in [2.45, 2.75) is 32.0 Å². The lowest BCUT2D eigenvalue weighted by molar-refractivity contribution is -0.144. The third-order valence-corrected chi connectivity index (χ3v) is 4.37. The molecular formula is C19H19ClO4. The van der Waals surface area contributed by atoms with Crippen molar-refractivity contribution in [1.29, 1.82) is 0 Å². The van der Waals surface area contributed by atoms with Crippen molar-refractivity contribution in [2.24, 2.45) is 0 Å². The number of carbonyl (C=O) groups is 1. The molecule has 1 aliphatic carbocycles. The molecule has 0 radical (unpaired) electrons. The Morgan fingerprint density at radius 2 is 1.96 bits per heavy atom. The number of halogens is 1. The van der Waals surface area contributed by atoms with E-state index in [2.05, 4.69) is 6.07 Å². The lowest BCUT2D eigenvalue weighted by Gasteiger charge is -2.24. The van der Waals surface area contributed by atoms with Gasteiger partial charge in [-0.1, -0.05) is 29.8 Å². The quantitative estimate of drug-likeness (QED) is 0.862. The first-order valence-electron chi connectivity index (χ1n) is 7.92. The molecule has 126 valence electrons. The van der Waals surface area contributed by atoms with Crippen LogP contribution in [0, 0.1) is 0 Å². The highest BCUT2D eigenvalue weighted by Crippen LogP contribution is 2.27. The topological polar surface area (TPSA) is 55.8 Å². The minimum absolute atomic E-state index is 0.0190. The normalized spacial score (nSPS) is 16.5.